The molecule has 2 nitrogen and oxygen atoms in total. The third-order valence-electron chi connectivity index (χ3n) is 4.20. The third-order valence-corrected chi connectivity index (χ3v) is 4.65. The van der Waals surface area contributed by atoms with Gasteiger partial charge in [-0.05, 0) is 31.6 Å². The molecular formula is C17H18ClNO. The lowest BCUT2D eigenvalue weighted by Gasteiger charge is -2.27. The third kappa shape index (κ3) is 1.82. The molecule has 1 aromatic carbocycles. The number of rotatable bonds is 2. The maximum Gasteiger partial charge on any atom is 0.193 e. The second-order valence-electron chi connectivity index (χ2n) is 5.21. The first-order chi connectivity index (χ1) is 9.69. The van der Waals surface area contributed by atoms with Crippen molar-refractivity contribution in [3.8, 4) is 0 Å². The first kappa shape index (κ1) is 13.4. The Bertz CT molecular complexity index is 744. The van der Waals surface area contributed by atoms with Crippen molar-refractivity contribution in [3.05, 3.63) is 51.8 Å². The van der Waals surface area contributed by atoms with Gasteiger partial charge in [0.2, 0.25) is 0 Å². The van der Waals surface area contributed by atoms with Crippen LogP contribution in [-0.4, -0.2) is 9.94 Å². The highest BCUT2D eigenvalue weighted by atomic mass is 35.5. The monoisotopic (exact) mass is 287 g/mol. The number of fused-ring (bicyclic) bond motifs is 2. The average molecular weight is 288 g/mol. The summed E-state index contributed by atoms with van der Waals surface area (Å²) in [6, 6.07) is 7.84. The fourth-order valence-electron chi connectivity index (χ4n) is 3.22. The molecule has 2 atom stereocenters. The summed E-state index contributed by atoms with van der Waals surface area (Å²) in [4.78, 5) is 12.9. The van der Waals surface area contributed by atoms with Gasteiger partial charge in [-0.3, -0.25) is 4.79 Å². The lowest BCUT2D eigenvalue weighted by molar-refractivity contribution is 0.648. The number of pyridine rings is 1. The van der Waals surface area contributed by atoms with Gasteiger partial charge in [0.25, 0.3) is 0 Å². The van der Waals surface area contributed by atoms with E-state index in [1.54, 1.807) is 0 Å². The fourth-order valence-corrected chi connectivity index (χ4v) is 3.60. The first-order valence-electron chi connectivity index (χ1n) is 7.16. The van der Waals surface area contributed by atoms with Gasteiger partial charge in [0.15, 0.2) is 5.43 Å². The molecule has 0 bridgehead atoms. The zero-order valence-corrected chi connectivity index (χ0v) is 12.5. The van der Waals surface area contributed by atoms with Gasteiger partial charge in [0, 0.05) is 29.1 Å². The maximum absolute atomic E-state index is 12.9. The number of hydrogen-bond donors (Lipinski definition) is 0. The van der Waals surface area contributed by atoms with Crippen molar-refractivity contribution in [2.75, 3.05) is 0 Å². The topological polar surface area (TPSA) is 22.0 Å². The first-order valence-corrected chi connectivity index (χ1v) is 7.60. The van der Waals surface area contributed by atoms with Crippen molar-refractivity contribution in [1.82, 2.24) is 4.57 Å². The lowest BCUT2D eigenvalue weighted by atomic mass is 9.86. The van der Waals surface area contributed by atoms with Gasteiger partial charge >= 0.3 is 0 Å². The zero-order chi connectivity index (χ0) is 14.3. The summed E-state index contributed by atoms with van der Waals surface area (Å²) >= 11 is 6.39. The second-order valence-corrected chi connectivity index (χ2v) is 5.71. The Kier molecular flexibility index (Phi) is 3.43. The molecule has 104 valence electrons. The Hall–Kier alpha value is -1.54. The molecule has 0 saturated carbocycles. The number of para-hydroxylation sites is 1. The lowest BCUT2D eigenvalue weighted by Crippen LogP contribution is -2.27. The van der Waals surface area contributed by atoms with E-state index in [0.29, 0.717) is 0 Å². The summed E-state index contributed by atoms with van der Waals surface area (Å²) in [5.41, 5.74) is 3.06. The summed E-state index contributed by atoms with van der Waals surface area (Å²) in [6.07, 6.45) is 4.90. The van der Waals surface area contributed by atoms with Crippen LogP contribution in [0.4, 0.5) is 0 Å². The molecule has 1 aromatic heterocycles. The molecule has 0 saturated heterocycles. The molecule has 1 aliphatic rings. The summed E-state index contributed by atoms with van der Waals surface area (Å²) in [6.45, 7) is 5.05. The van der Waals surface area contributed by atoms with Crippen LogP contribution in [0.3, 0.4) is 0 Å². The van der Waals surface area contributed by atoms with Crippen LogP contribution in [-0.2, 0) is 6.54 Å². The van der Waals surface area contributed by atoms with Gasteiger partial charge in [0.1, 0.15) is 0 Å². The van der Waals surface area contributed by atoms with Crippen LogP contribution in [0.2, 0.25) is 0 Å². The highest BCUT2D eigenvalue weighted by Gasteiger charge is 2.28. The van der Waals surface area contributed by atoms with Gasteiger partial charge < -0.3 is 4.57 Å². The van der Waals surface area contributed by atoms with Gasteiger partial charge in [-0.1, -0.05) is 25.1 Å². The highest BCUT2D eigenvalue weighted by Crippen LogP contribution is 2.34. The minimum atomic E-state index is -0.0910. The standard InChI is InChI=1S/C17H18ClNO/c1-3-11-13(18)9-10-15-16(11)17(20)12-7-5-6-8-14(12)19(15)4-2/h5-11,13H,3-4H2,1-2H3. The van der Waals surface area contributed by atoms with Gasteiger partial charge in [-0.2, -0.15) is 0 Å². The van der Waals surface area contributed by atoms with E-state index in [-0.39, 0.29) is 16.7 Å². The second kappa shape index (κ2) is 5.10. The summed E-state index contributed by atoms with van der Waals surface area (Å²) in [5, 5.41) is 0.706. The molecular weight excluding hydrogens is 270 g/mol. The SMILES string of the molecule is CCC1c2c(n(CC)c3ccccc3c2=O)C=CC1Cl. The van der Waals surface area contributed by atoms with Crippen LogP contribution in [0.1, 0.15) is 37.4 Å². The van der Waals surface area contributed by atoms with Gasteiger partial charge in [0.05, 0.1) is 10.9 Å². The average Bonchev–Trinajstić information content (AvgIpc) is 2.48. The Balaban J connectivity index is 2.47. The van der Waals surface area contributed by atoms with E-state index >= 15 is 0 Å². The van der Waals surface area contributed by atoms with Crippen LogP contribution < -0.4 is 5.43 Å². The smallest absolute Gasteiger partial charge is 0.193 e. The Morgan fingerprint density at radius 2 is 2.00 bits per heavy atom. The molecule has 2 unspecified atom stereocenters. The molecule has 1 heterocycles. The number of halogens is 1. The van der Waals surface area contributed by atoms with E-state index < -0.39 is 0 Å². The van der Waals surface area contributed by atoms with E-state index in [2.05, 4.69) is 18.4 Å². The van der Waals surface area contributed by atoms with Crippen molar-refractivity contribution in [1.29, 1.82) is 0 Å². The summed E-state index contributed by atoms with van der Waals surface area (Å²) in [7, 11) is 0. The minimum absolute atomic E-state index is 0.0910. The normalized spacial score (nSPS) is 21.1. The van der Waals surface area contributed by atoms with Crippen molar-refractivity contribution < 1.29 is 0 Å². The molecule has 0 N–H and O–H groups in total. The van der Waals surface area contributed by atoms with Gasteiger partial charge in [-0.25, -0.2) is 0 Å². The maximum atomic E-state index is 12.9. The van der Waals surface area contributed by atoms with Crippen molar-refractivity contribution in [3.63, 3.8) is 0 Å². The number of allylic oxidation sites excluding steroid dienone is 1. The van der Waals surface area contributed by atoms with Crippen LogP contribution in [0.5, 0.6) is 0 Å². The number of alkyl halides is 1. The van der Waals surface area contributed by atoms with E-state index in [1.807, 2.05) is 36.4 Å². The van der Waals surface area contributed by atoms with Crippen molar-refractivity contribution >= 4 is 28.6 Å². The molecule has 2 aromatic rings. The number of nitrogens with zero attached hydrogens (tertiary/aromatic N) is 1. The predicted molar refractivity (Wildman–Crippen MR) is 85.6 cm³/mol. The number of aryl methyl sites for hydroxylation is 1. The number of aromatic nitrogens is 1. The number of benzene rings is 1. The minimum Gasteiger partial charge on any atom is -0.341 e. The van der Waals surface area contributed by atoms with Crippen LogP contribution >= 0.6 is 11.6 Å². The summed E-state index contributed by atoms with van der Waals surface area (Å²) in [5.74, 6) is 0.103. The van der Waals surface area contributed by atoms with Crippen LogP contribution in [0.15, 0.2) is 35.1 Å². The van der Waals surface area contributed by atoms with Crippen LogP contribution in [0.25, 0.3) is 17.0 Å². The molecule has 0 fully saturated rings. The van der Waals surface area contributed by atoms with E-state index in [4.69, 9.17) is 11.6 Å². The van der Waals surface area contributed by atoms with E-state index in [1.165, 1.54) is 0 Å². The molecule has 0 aliphatic heterocycles. The predicted octanol–water partition coefficient (Wildman–Crippen LogP) is 4.15. The largest absolute Gasteiger partial charge is 0.341 e. The Morgan fingerprint density at radius 3 is 2.70 bits per heavy atom. The molecule has 0 radical (unpaired) electrons. The Labute approximate surface area is 123 Å². The molecule has 3 rings (SSSR count). The van der Waals surface area contributed by atoms with Crippen LogP contribution in [0, 0.1) is 0 Å². The van der Waals surface area contributed by atoms with E-state index in [0.717, 1.165) is 35.1 Å². The quantitative estimate of drug-likeness (QED) is 0.761. The van der Waals surface area contributed by atoms with Crippen molar-refractivity contribution in [2.45, 2.75) is 38.1 Å². The molecule has 0 spiro atoms. The fraction of sp³-hybridized carbons (Fsp3) is 0.353. The Morgan fingerprint density at radius 1 is 1.25 bits per heavy atom. The van der Waals surface area contributed by atoms with E-state index in [9.17, 15) is 4.79 Å². The molecule has 1 aliphatic carbocycles. The number of hydrogen-bond acceptors (Lipinski definition) is 1. The highest BCUT2D eigenvalue weighted by molar-refractivity contribution is 6.23. The summed E-state index contributed by atoms with van der Waals surface area (Å²) < 4.78 is 2.22. The van der Waals surface area contributed by atoms with Gasteiger partial charge in [-0.15, -0.1) is 11.6 Å². The molecule has 3 heteroatoms. The molecule has 20 heavy (non-hydrogen) atoms. The van der Waals surface area contributed by atoms with Crippen molar-refractivity contribution in [2.24, 2.45) is 0 Å². The molecule has 0 amide bonds. The zero-order valence-electron chi connectivity index (χ0n) is 11.8.